The lowest BCUT2D eigenvalue weighted by atomic mass is 9.95. The number of nitrogens with one attached hydrogen (secondary N) is 1. The van der Waals surface area contributed by atoms with Gasteiger partial charge in [0.25, 0.3) is 0 Å². The highest BCUT2D eigenvalue weighted by Crippen LogP contribution is 2.23. The van der Waals surface area contributed by atoms with Crippen molar-refractivity contribution in [3.05, 3.63) is 29.8 Å². The molecular formula is C14H21NO. The maximum absolute atomic E-state index is 5.22. The zero-order valence-corrected chi connectivity index (χ0v) is 10.0. The highest BCUT2D eigenvalue weighted by atomic mass is 16.5. The third-order valence-corrected chi connectivity index (χ3v) is 3.28. The van der Waals surface area contributed by atoms with Gasteiger partial charge in [-0.25, -0.2) is 0 Å². The molecule has 0 saturated heterocycles. The van der Waals surface area contributed by atoms with E-state index in [1.54, 1.807) is 7.11 Å². The number of anilines is 1. The molecule has 0 amide bonds. The number of ether oxygens (including phenoxy) is 1. The van der Waals surface area contributed by atoms with Crippen LogP contribution in [0.2, 0.25) is 0 Å². The van der Waals surface area contributed by atoms with E-state index >= 15 is 0 Å². The summed E-state index contributed by atoms with van der Waals surface area (Å²) in [5, 5.41) is 3.65. The van der Waals surface area contributed by atoms with Crippen LogP contribution in [0.15, 0.2) is 24.3 Å². The summed E-state index contributed by atoms with van der Waals surface area (Å²) in [6.45, 7) is 0.690. The average molecular weight is 219 g/mol. The average Bonchev–Trinajstić information content (AvgIpc) is 2.33. The molecule has 0 atom stereocenters. The molecule has 0 aromatic heterocycles. The van der Waals surface area contributed by atoms with Crippen LogP contribution in [0, 0.1) is 0 Å². The van der Waals surface area contributed by atoms with Crippen LogP contribution in [0.1, 0.15) is 37.7 Å². The van der Waals surface area contributed by atoms with Gasteiger partial charge in [0.15, 0.2) is 0 Å². The van der Waals surface area contributed by atoms with E-state index in [9.17, 15) is 0 Å². The highest BCUT2D eigenvalue weighted by molar-refractivity contribution is 5.51. The molecule has 0 unspecified atom stereocenters. The lowest BCUT2D eigenvalue weighted by Gasteiger charge is -2.25. The minimum Gasteiger partial charge on any atom is -0.382 e. The Bertz CT molecular complexity index is 318. The van der Waals surface area contributed by atoms with Crippen LogP contribution in [0.25, 0.3) is 0 Å². The van der Waals surface area contributed by atoms with Crippen molar-refractivity contribution in [2.24, 2.45) is 0 Å². The zero-order chi connectivity index (χ0) is 11.2. The Kier molecular flexibility index (Phi) is 4.23. The topological polar surface area (TPSA) is 21.3 Å². The molecule has 1 N–H and O–H groups in total. The smallest absolute Gasteiger partial charge is 0.0733 e. The lowest BCUT2D eigenvalue weighted by molar-refractivity contribution is 0.185. The Labute approximate surface area is 98.0 Å². The first kappa shape index (κ1) is 11.5. The predicted octanol–water partition coefficient (Wildman–Crippen LogP) is 3.58. The molecule has 1 fully saturated rings. The van der Waals surface area contributed by atoms with Crippen LogP contribution in [0.4, 0.5) is 5.69 Å². The van der Waals surface area contributed by atoms with E-state index < -0.39 is 0 Å². The first-order chi connectivity index (χ1) is 7.90. The molecule has 88 valence electrons. The summed E-state index contributed by atoms with van der Waals surface area (Å²) in [5.74, 6) is 0. The molecule has 2 nitrogen and oxygen atoms in total. The molecule has 1 aromatic rings. The van der Waals surface area contributed by atoms with Crippen molar-refractivity contribution >= 4 is 5.69 Å². The SMILES string of the molecule is COCc1ccccc1NC1CCCCC1. The number of benzene rings is 1. The second kappa shape index (κ2) is 5.90. The molecule has 0 bridgehead atoms. The summed E-state index contributed by atoms with van der Waals surface area (Å²) in [5.41, 5.74) is 2.51. The first-order valence-electron chi connectivity index (χ1n) is 6.23. The summed E-state index contributed by atoms with van der Waals surface area (Å²) in [7, 11) is 1.75. The largest absolute Gasteiger partial charge is 0.382 e. The van der Waals surface area contributed by atoms with Crippen molar-refractivity contribution in [3.63, 3.8) is 0 Å². The van der Waals surface area contributed by atoms with E-state index in [0.717, 1.165) is 0 Å². The second-order valence-electron chi connectivity index (χ2n) is 4.57. The van der Waals surface area contributed by atoms with E-state index in [1.807, 2.05) is 0 Å². The van der Waals surface area contributed by atoms with Crippen LogP contribution in [-0.4, -0.2) is 13.2 Å². The van der Waals surface area contributed by atoms with Crippen LogP contribution < -0.4 is 5.32 Å². The summed E-state index contributed by atoms with van der Waals surface area (Å²) < 4.78 is 5.22. The van der Waals surface area contributed by atoms with Gasteiger partial charge in [-0.1, -0.05) is 37.5 Å². The Morgan fingerprint density at radius 1 is 1.19 bits per heavy atom. The van der Waals surface area contributed by atoms with Crippen molar-refractivity contribution < 1.29 is 4.74 Å². The van der Waals surface area contributed by atoms with E-state index in [0.29, 0.717) is 12.6 Å². The molecule has 0 heterocycles. The standard InChI is InChI=1S/C14H21NO/c1-16-11-12-7-5-6-10-14(12)15-13-8-3-2-4-9-13/h5-7,10,13,15H,2-4,8-9,11H2,1H3. The molecule has 0 spiro atoms. The van der Waals surface area contributed by atoms with Crippen LogP contribution in [0.3, 0.4) is 0 Å². The fraction of sp³-hybridized carbons (Fsp3) is 0.571. The van der Waals surface area contributed by atoms with E-state index in [4.69, 9.17) is 4.74 Å². The van der Waals surface area contributed by atoms with Crippen LogP contribution >= 0.6 is 0 Å². The van der Waals surface area contributed by atoms with Gasteiger partial charge in [0.05, 0.1) is 6.61 Å². The van der Waals surface area contributed by atoms with Gasteiger partial charge in [-0.15, -0.1) is 0 Å². The molecule has 2 rings (SSSR count). The lowest BCUT2D eigenvalue weighted by Crippen LogP contribution is -2.22. The fourth-order valence-corrected chi connectivity index (χ4v) is 2.41. The van der Waals surface area contributed by atoms with Gasteiger partial charge in [-0.2, -0.15) is 0 Å². The van der Waals surface area contributed by atoms with Crippen molar-refractivity contribution in [3.8, 4) is 0 Å². The Hall–Kier alpha value is -1.02. The minimum atomic E-state index is 0.659. The second-order valence-corrected chi connectivity index (χ2v) is 4.57. The van der Waals surface area contributed by atoms with Crippen molar-refractivity contribution in [1.29, 1.82) is 0 Å². The van der Waals surface area contributed by atoms with Gasteiger partial charge >= 0.3 is 0 Å². The Morgan fingerprint density at radius 3 is 2.69 bits per heavy atom. The van der Waals surface area contributed by atoms with Crippen molar-refractivity contribution in [2.75, 3.05) is 12.4 Å². The van der Waals surface area contributed by atoms with Gasteiger partial charge in [0.1, 0.15) is 0 Å². The normalized spacial score (nSPS) is 17.3. The van der Waals surface area contributed by atoms with Crippen LogP contribution in [0.5, 0.6) is 0 Å². The number of hydrogen-bond donors (Lipinski definition) is 1. The summed E-state index contributed by atoms with van der Waals surface area (Å²) in [6.07, 6.45) is 6.74. The Morgan fingerprint density at radius 2 is 1.94 bits per heavy atom. The van der Waals surface area contributed by atoms with E-state index in [-0.39, 0.29) is 0 Å². The third kappa shape index (κ3) is 2.99. The number of methoxy groups -OCH3 is 1. The molecule has 1 aromatic carbocycles. The molecule has 1 aliphatic rings. The van der Waals surface area contributed by atoms with Gasteiger partial charge in [0, 0.05) is 24.4 Å². The van der Waals surface area contributed by atoms with E-state index in [2.05, 4.69) is 29.6 Å². The number of rotatable bonds is 4. The Balaban J connectivity index is 2.01. The number of hydrogen-bond acceptors (Lipinski definition) is 2. The highest BCUT2D eigenvalue weighted by Gasteiger charge is 2.13. The third-order valence-electron chi connectivity index (χ3n) is 3.28. The summed E-state index contributed by atoms with van der Waals surface area (Å²) in [4.78, 5) is 0. The van der Waals surface area contributed by atoms with Gasteiger partial charge in [0.2, 0.25) is 0 Å². The molecule has 16 heavy (non-hydrogen) atoms. The predicted molar refractivity (Wildman–Crippen MR) is 67.7 cm³/mol. The molecule has 0 aliphatic heterocycles. The monoisotopic (exact) mass is 219 g/mol. The van der Waals surface area contributed by atoms with Gasteiger partial charge < -0.3 is 10.1 Å². The maximum Gasteiger partial charge on any atom is 0.0733 e. The maximum atomic E-state index is 5.22. The minimum absolute atomic E-state index is 0.659. The van der Waals surface area contributed by atoms with Gasteiger partial charge in [-0.05, 0) is 18.9 Å². The molecular weight excluding hydrogens is 198 g/mol. The molecule has 2 heteroatoms. The first-order valence-corrected chi connectivity index (χ1v) is 6.23. The van der Waals surface area contributed by atoms with Gasteiger partial charge in [-0.3, -0.25) is 0 Å². The number of para-hydroxylation sites is 1. The fourth-order valence-electron chi connectivity index (χ4n) is 2.41. The zero-order valence-electron chi connectivity index (χ0n) is 10.0. The summed E-state index contributed by atoms with van der Waals surface area (Å²) in [6, 6.07) is 9.11. The molecule has 1 saturated carbocycles. The summed E-state index contributed by atoms with van der Waals surface area (Å²) >= 11 is 0. The quantitative estimate of drug-likeness (QED) is 0.835. The van der Waals surface area contributed by atoms with E-state index in [1.165, 1.54) is 43.4 Å². The molecule has 1 aliphatic carbocycles. The molecule has 0 radical (unpaired) electrons. The van der Waals surface area contributed by atoms with Crippen LogP contribution in [-0.2, 0) is 11.3 Å². The van der Waals surface area contributed by atoms with Crippen molar-refractivity contribution in [2.45, 2.75) is 44.8 Å². The van der Waals surface area contributed by atoms with Crippen molar-refractivity contribution in [1.82, 2.24) is 0 Å².